The van der Waals surface area contributed by atoms with Crippen molar-refractivity contribution in [2.45, 2.75) is 26.4 Å². The number of amides is 2. The van der Waals surface area contributed by atoms with Gasteiger partial charge in [0.2, 0.25) is 5.88 Å². The Hall–Kier alpha value is -2.05. The van der Waals surface area contributed by atoms with E-state index in [1.807, 2.05) is 42.6 Å². The van der Waals surface area contributed by atoms with Crippen LogP contribution < -0.4 is 9.64 Å². The lowest BCUT2D eigenvalue weighted by Gasteiger charge is -2.25. The first kappa shape index (κ1) is 16.3. The predicted molar refractivity (Wildman–Crippen MR) is 85.3 cm³/mol. The minimum Gasteiger partial charge on any atom is -0.471 e. The maximum absolute atomic E-state index is 12.3. The molecule has 0 spiro atoms. The molecule has 122 valence electrons. The highest BCUT2D eigenvalue weighted by Crippen LogP contribution is 2.19. The Labute approximate surface area is 131 Å². The summed E-state index contributed by atoms with van der Waals surface area (Å²) in [6.45, 7) is 6.77. The van der Waals surface area contributed by atoms with Crippen LogP contribution in [0.3, 0.4) is 0 Å². The molecule has 1 saturated heterocycles. The molecule has 1 aromatic rings. The van der Waals surface area contributed by atoms with E-state index in [-0.39, 0.29) is 12.1 Å². The number of anilines is 1. The lowest BCUT2D eigenvalue weighted by atomic mass is 10.3. The second kappa shape index (κ2) is 7.29. The molecule has 1 aliphatic heterocycles. The lowest BCUT2D eigenvalue weighted by molar-refractivity contribution is 0.155. The maximum atomic E-state index is 12.3. The average molecular weight is 307 g/mol. The molecule has 1 aromatic heterocycles. The second-order valence-electron chi connectivity index (χ2n) is 5.54. The number of hydrogen-bond donors (Lipinski definition) is 0. The number of rotatable bonds is 5. The predicted octanol–water partition coefficient (Wildman–Crippen LogP) is 1.46. The first-order valence-corrected chi connectivity index (χ1v) is 7.75. The number of ether oxygens (including phenoxy) is 1. The van der Waals surface area contributed by atoms with Gasteiger partial charge >= 0.3 is 6.03 Å². The van der Waals surface area contributed by atoms with E-state index in [1.165, 1.54) is 0 Å². The van der Waals surface area contributed by atoms with Gasteiger partial charge in [-0.25, -0.2) is 4.79 Å². The molecule has 2 rings (SSSR count). The largest absolute Gasteiger partial charge is 0.471 e. The van der Waals surface area contributed by atoms with Crippen LogP contribution in [0.4, 0.5) is 10.6 Å². The van der Waals surface area contributed by atoms with Crippen molar-refractivity contribution < 1.29 is 9.53 Å². The Bertz CT molecular complexity index is 504. The van der Waals surface area contributed by atoms with Gasteiger partial charge in [-0.3, -0.25) is 4.98 Å². The van der Waals surface area contributed by atoms with E-state index in [0.29, 0.717) is 12.4 Å². The normalized spacial score (nSPS) is 17.5. The van der Waals surface area contributed by atoms with Crippen molar-refractivity contribution in [1.29, 1.82) is 0 Å². The fourth-order valence-electron chi connectivity index (χ4n) is 2.47. The molecule has 7 nitrogen and oxygen atoms in total. The first-order valence-electron chi connectivity index (χ1n) is 7.75. The van der Waals surface area contributed by atoms with Gasteiger partial charge in [-0.1, -0.05) is 0 Å². The van der Waals surface area contributed by atoms with E-state index >= 15 is 0 Å². The number of urea groups is 1. The van der Waals surface area contributed by atoms with Crippen LogP contribution in [0.25, 0.3) is 0 Å². The molecule has 2 amide bonds. The SMILES string of the molecule is CCN(CC)C(=O)N1CCC(Oc2cncc(N(C)C)n2)C1. The highest BCUT2D eigenvalue weighted by atomic mass is 16.5. The highest BCUT2D eigenvalue weighted by molar-refractivity contribution is 5.74. The van der Waals surface area contributed by atoms with Gasteiger partial charge in [0.05, 0.1) is 18.9 Å². The number of likely N-dealkylation sites (tertiary alicyclic amines) is 1. The summed E-state index contributed by atoms with van der Waals surface area (Å²) >= 11 is 0. The van der Waals surface area contributed by atoms with E-state index in [9.17, 15) is 4.79 Å². The van der Waals surface area contributed by atoms with Gasteiger partial charge in [0.1, 0.15) is 6.10 Å². The molecule has 0 aliphatic carbocycles. The van der Waals surface area contributed by atoms with E-state index in [0.717, 1.165) is 31.9 Å². The summed E-state index contributed by atoms with van der Waals surface area (Å²) in [5.41, 5.74) is 0. The van der Waals surface area contributed by atoms with Crippen molar-refractivity contribution in [1.82, 2.24) is 19.8 Å². The zero-order valence-electron chi connectivity index (χ0n) is 13.8. The molecule has 2 heterocycles. The van der Waals surface area contributed by atoms with Crippen LogP contribution in [0, 0.1) is 0 Å². The van der Waals surface area contributed by atoms with Crippen molar-refractivity contribution in [2.24, 2.45) is 0 Å². The summed E-state index contributed by atoms with van der Waals surface area (Å²) in [5, 5.41) is 0. The third-order valence-electron chi connectivity index (χ3n) is 3.79. The molecule has 1 atom stereocenters. The molecule has 0 bridgehead atoms. The summed E-state index contributed by atoms with van der Waals surface area (Å²) in [5.74, 6) is 1.26. The van der Waals surface area contributed by atoms with Crippen LogP contribution in [0.15, 0.2) is 12.4 Å². The monoisotopic (exact) mass is 307 g/mol. The first-order chi connectivity index (χ1) is 10.5. The van der Waals surface area contributed by atoms with Crippen LogP contribution in [-0.4, -0.2) is 72.2 Å². The van der Waals surface area contributed by atoms with Crippen LogP contribution in [-0.2, 0) is 0 Å². The van der Waals surface area contributed by atoms with E-state index in [1.54, 1.807) is 12.4 Å². The minimum absolute atomic E-state index is 0.0220. The Morgan fingerprint density at radius 3 is 2.73 bits per heavy atom. The van der Waals surface area contributed by atoms with Crippen molar-refractivity contribution in [3.8, 4) is 5.88 Å². The van der Waals surface area contributed by atoms with Gasteiger partial charge in [-0.05, 0) is 13.8 Å². The Morgan fingerprint density at radius 1 is 1.36 bits per heavy atom. The third-order valence-corrected chi connectivity index (χ3v) is 3.79. The number of hydrogen-bond acceptors (Lipinski definition) is 5. The van der Waals surface area contributed by atoms with Crippen molar-refractivity contribution in [3.63, 3.8) is 0 Å². The number of nitrogens with zero attached hydrogens (tertiary/aromatic N) is 5. The standard InChI is InChI=1S/C15H25N5O2/c1-5-19(6-2)15(21)20-8-7-12(11-20)22-14-10-16-9-13(17-14)18(3)4/h9-10,12H,5-8,11H2,1-4H3. The van der Waals surface area contributed by atoms with Gasteiger partial charge in [0.25, 0.3) is 0 Å². The zero-order valence-corrected chi connectivity index (χ0v) is 13.8. The summed E-state index contributed by atoms with van der Waals surface area (Å²) in [7, 11) is 3.82. The van der Waals surface area contributed by atoms with E-state index in [4.69, 9.17) is 4.74 Å². The number of carbonyl (C=O) groups excluding carboxylic acids is 1. The molecule has 22 heavy (non-hydrogen) atoms. The van der Waals surface area contributed by atoms with Crippen molar-refractivity contribution in [2.75, 3.05) is 45.2 Å². The molecular weight excluding hydrogens is 282 g/mol. The molecular formula is C15H25N5O2. The van der Waals surface area contributed by atoms with Crippen LogP contribution in [0.2, 0.25) is 0 Å². The third kappa shape index (κ3) is 3.78. The van der Waals surface area contributed by atoms with Gasteiger partial charge in [-0.15, -0.1) is 0 Å². The Balaban J connectivity index is 1.94. The smallest absolute Gasteiger partial charge is 0.320 e. The number of carbonyl (C=O) groups is 1. The zero-order chi connectivity index (χ0) is 16.1. The topological polar surface area (TPSA) is 61.8 Å². The molecule has 0 radical (unpaired) electrons. The van der Waals surface area contributed by atoms with Gasteiger partial charge in [-0.2, -0.15) is 4.98 Å². The molecule has 7 heteroatoms. The van der Waals surface area contributed by atoms with Crippen LogP contribution >= 0.6 is 0 Å². The quantitative estimate of drug-likeness (QED) is 0.824. The van der Waals surface area contributed by atoms with Crippen LogP contribution in [0.1, 0.15) is 20.3 Å². The fraction of sp³-hybridized carbons (Fsp3) is 0.667. The Kier molecular flexibility index (Phi) is 5.41. The van der Waals surface area contributed by atoms with E-state index in [2.05, 4.69) is 9.97 Å². The maximum Gasteiger partial charge on any atom is 0.320 e. The fourth-order valence-corrected chi connectivity index (χ4v) is 2.47. The summed E-state index contributed by atoms with van der Waals surface area (Å²) in [6, 6.07) is 0.0872. The molecule has 1 unspecified atom stereocenters. The van der Waals surface area contributed by atoms with Gasteiger partial charge in [0, 0.05) is 40.2 Å². The van der Waals surface area contributed by atoms with Crippen molar-refractivity contribution >= 4 is 11.8 Å². The molecule has 0 aromatic carbocycles. The number of aromatic nitrogens is 2. The van der Waals surface area contributed by atoms with Crippen LogP contribution in [0.5, 0.6) is 5.88 Å². The molecule has 0 N–H and O–H groups in total. The van der Waals surface area contributed by atoms with Gasteiger partial charge < -0.3 is 19.4 Å². The second-order valence-corrected chi connectivity index (χ2v) is 5.54. The van der Waals surface area contributed by atoms with Gasteiger partial charge in [0.15, 0.2) is 5.82 Å². The summed E-state index contributed by atoms with van der Waals surface area (Å²) in [6.07, 6.45) is 4.10. The summed E-state index contributed by atoms with van der Waals surface area (Å²) < 4.78 is 5.88. The molecule has 1 aliphatic rings. The Morgan fingerprint density at radius 2 is 2.09 bits per heavy atom. The molecule has 0 saturated carbocycles. The van der Waals surface area contributed by atoms with Crippen molar-refractivity contribution in [3.05, 3.63) is 12.4 Å². The van der Waals surface area contributed by atoms with E-state index < -0.39 is 0 Å². The average Bonchev–Trinajstić information content (AvgIpc) is 2.97. The highest BCUT2D eigenvalue weighted by Gasteiger charge is 2.29. The summed E-state index contributed by atoms with van der Waals surface area (Å²) in [4.78, 5) is 26.4. The molecule has 1 fully saturated rings. The lowest BCUT2D eigenvalue weighted by Crippen LogP contribution is -2.42. The minimum atomic E-state index is -0.0220.